The number of nitrogens with one attached hydrogen (secondary N) is 1. The molecule has 0 aromatic heterocycles. The Kier molecular flexibility index (Phi) is 4.31. The Labute approximate surface area is 110 Å². The average molecular weight is 276 g/mol. The fourth-order valence-corrected chi connectivity index (χ4v) is 4.99. The van der Waals surface area contributed by atoms with E-state index in [1.807, 2.05) is 6.92 Å². The van der Waals surface area contributed by atoms with Crippen molar-refractivity contribution in [1.29, 1.82) is 0 Å². The van der Waals surface area contributed by atoms with Crippen molar-refractivity contribution < 1.29 is 13.5 Å². The first-order valence-electron chi connectivity index (χ1n) is 6.91. The van der Waals surface area contributed by atoms with Crippen molar-refractivity contribution in [3.8, 4) is 0 Å². The van der Waals surface area contributed by atoms with E-state index in [1.165, 1.54) is 0 Å². The van der Waals surface area contributed by atoms with Gasteiger partial charge in [0.1, 0.15) is 0 Å². The second-order valence-electron chi connectivity index (χ2n) is 5.71. The molecule has 2 aliphatic rings. The van der Waals surface area contributed by atoms with Crippen molar-refractivity contribution in [2.75, 3.05) is 13.2 Å². The van der Waals surface area contributed by atoms with Gasteiger partial charge in [0.2, 0.25) is 0 Å². The Bertz CT molecular complexity index is 377. The van der Waals surface area contributed by atoms with E-state index in [9.17, 15) is 13.5 Å². The van der Waals surface area contributed by atoms with E-state index in [2.05, 4.69) is 4.72 Å². The largest absolute Gasteiger partial charge is 0.394 e. The van der Waals surface area contributed by atoms with Crippen LogP contribution in [0.5, 0.6) is 0 Å². The van der Waals surface area contributed by atoms with Crippen LogP contribution in [0, 0.1) is 0 Å². The molecule has 106 valence electrons. The van der Waals surface area contributed by atoms with Crippen molar-refractivity contribution in [2.24, 2.45) is 0 Å². The molecule has 2 rings (SSSR count). The van der Waals surface area contributed by atoms with Crippen LogP contribution in [0.3, 0.4) is 0 Å². The highest BCUT2D eigenvalue weighted by atomic mass is 32.2. The predicted molar refractivity (Wildman–Crippen MR) is 70.4 cm³/mol. The van der Waals surface area contributed by atoms with Crippen LogP contribution in [0.2, 0.25) is 0 Å². The highest BCUT2D eigenvalue weighted by molar-refractivity contribution is 7.87. The highest BCUT2D eigenvalue weighted by Crippen LogP contribution is 2.31. The van der Waals surface area contributed by atoms with Gasteiger partial charge < -0.3 is 5.11 Å². The van der Waals surface area contributed by atoms with Crippen LogP contribution in [0.15, 0.2) is 0 Å². The summed E-state index contributed by atoms with van der Waals surface area (Å²) in [5, 5.41) is 9.50. The van der Waals surface area contributed by atoms with Crippen molar-refractivity contribution in [1.82, 2.24) is 9.03 Å². The second-order valence-corrected chi connectivity index (χ2v) is 7.33. The van der Waals surface area contributed by atoms with E-state index in [0.717, 1.165) is 44.9 Å². The number of piperidine rings is 1. The van der Waals surface area contributed by atoms with Crippen molar-refractivity contribution in [3.05, 3.63) is 0 Å². The summed E-state index contributed by atoms with van der Waals surface area (Å²) in [5.74, 6) is 0. The van der Waals surface area contributed by atoms with E-state index >= 15 is 0 Å². The van der Waals surface area contributed by atoms with Gasteiger partial charge in [-0.2, -0.15) is 17.4 Å². The second kappa shape index (κ2) is 5.45. The molecule has 6 heteroatoms. The molecular weight excluding hydrogens is 252 g/mol. The van der Waals surface area contributed by atoms with Crippen molar-refractivity contribution in [3.63, 3.8) is 0 Å². The third-order valence-electron chi connectivity index (χ3n) is 4.26. The molecule has 1 heterocycles. The number of hydrogen-bond donors (Lipinski definition) is 2. The molecule has 2 N–H and O–H groups in total. The van der Waals surface area contributed by atoms with E-state index < -0.39 is 15.7 Å². The van der Waals surface area contributed by atoms with Gasteiger partial charge in [0.25, 0.3) is 10.2 Å². The molecule has 0 radical (unpaired) electrons. The van der Waals surface area contributed by atoms with E-state index in [1.54, 1.807) is 4.31 Å². The van der Waals surface area contributed by atoms with Crippen LogP contribution in [-0.2, 0) is 10.2 Å². The minimum Gasteiger partial charge on any atom is -0.394 e. The minimum absolute atomic E-state index is 0.0633. The molecule has 0 aromatic rings. The van der Waals surface area contributed by atoms with Gasteiger partial charge in [-0.05, 0) is 32.6 Å². The van der Waals surface area contributed by atoms with Crippen LogP contribution >= 0.6 is 0 Å². The Morgan fingerprint density at radius 1 is 1.28 bits per heavy atom. The van der Waals surface area contributed by atoms with E-state index in [-0.39, 0.29) is 12.6 Å². The Morgan fingerprint density at radius 2 is 1.94 bits per heavy atom. The normalized spacial score (nSPS) is 29.6. The third kappa shape index (κ3) is 2.87. The maximum Gasteiger partial charge on any atom is 0.280 e. The SMILES string of the molecule is CC1CCCCN1S(=O)(=O)NC1(CO)CCCC1. The van der Waals surface area contributed by atoms with Gasteiger partial charge in [-0.1, -0.05) is 19.3 Å². The first-order valence-corrected chi connectivity index (χ1v) is 8.35. The lowest BCUT2D eigenvalue weighted by atomic mass is 10.0. The molecule has 1 saturated heterocycles. The highest BCUT2D eigenvalue weighted by Gasteiger charge is 2.40. The number of aliphatic hydroxyl groups is 1. The number of rotatable bonds is 4. The molecule has 1 atom stereocenters. The quantitative estimate of drug-likeness (QED) is 0.805. The average Bonchev–Trinajstić information content (AvgIpc) is 2.78. The Morgan fingerprint density at radius 3 is 2.50 bits per heavy atom. The molecule has 1 saturated carbocycles. The number of aliphatic hydroxyl groups excluding tert-OH is 1. The van der Waals surface area contributed by atoms with Gasteiger partial charge in [0.05, 0.1) is 12.1 Å². The molecule has 5 nitrogen and oxygen atoms in total. The summed E-state index contributed by atoms with van der Waals surface area (Å²) in [4.78, 5) is 0. The molecule has 0 spiro atoms. The van der Waals surface area contributed by atoms with Crippen LogP contribution in [-0.4, -0.2) is 42.6 Å². The zero-order valence-corrected chi connectivity index (χ0v) is 11.9. The summed E-state index contributed by atoms with van der Waals surface area (Å²) >= 11 is 0. The lowest BCUT2D eigenvalue weighted by Crippen LogP contribution is -2.56. The first-order chi connectivity index (χ1) is 8.49. The molecule has 0 bridgehead atoms. The standard InChI is InChI=1S/C12H24N2O3S/c1-11-6-2-5-9-14(11)18(16,17)13-12(10-15)7-3-4-8-12/h11,13,15H,2-10H2,1H3. The molecule has 0 amide bonds. The molecule has 0 aromatic carbocycles. The van der Waals surface area contributed by atoms with E-state index in [0.29, 0.717) is 6.54 Å². The molecule has 1 aliphatic carbocycles. The number of hydrogen-bond acceptors (Lipinski definition) is 3. The summed E-state index contributed by atoms with van der Waals surface area (Å²) < 4.78 is 29.2. The Hall–Kier alpha value is -0.170. The van der Waals surface area contributed by atoms with Gasteiger partial charge in [-0.25, -0.2) is 0 Å². The van der Waals surface area contributed by atoms with Gasteiger partial charge in [-0.3, -0.25) is 0 Å². The van der Waals surface area contributed by atoms with Crippen molar-refractivity contribution in [2.45, 2.75) is 63.5 Å². The fourth-order valence-electron chi connectivity index (χ4n) is 3.11. The monoisotopic (exact) mass is 276 g/mol. The van der Waals surface area contributed by atoms with Gasteiger partial charge in [0.15, 0.2) is 0 Å². The summed E-state index contributed by atoms with van der Waals surface area (Å²) in [6.45, 7) is 2.45. The molecular formula is C12H24N2O3S. The van der Waals surface area contributed by atoms with E-state index in [4.69, 9.17) is 0 Å². The summed E-state index contributed by atoms with van der Waals surface area (Å²) in [6, 6.07) is 0.0633. The summed E-state index contributed by atoms with van der Waals surface area (Å²) in [5.41, 5.74) is -0.615. The third-order valence-corrected chi connectivity index (χ3v) is 6.11. The van der Waals surface area contributed by atoms with Crippen LogP contribution < -0.4 is 4.72 Å². The Balaban J connectivity index is 2.10. The minimum atomic E-state index is -3.46. The maximum absolute atomic E-state index is 12.4. The lowest BCUT2D eigenvalue weighted by molar-refractivity contribution is 0.178. The summed E-state index contributed by atoms with van der Waals surface area (Å²) in [7, 11) is -3.46. The summed E-state index contributed by atoms with van der Waals surface area (Å²) in [6.07, 6.45) is 6.40. The smallest absolute Gasteiger partial charge is 0.280 e. The molecule has 1 unspecified atom stereocenters. The molecule has 18 heavy (non-hydrogen) atoms. The predicted octanol–water partition coefficient (Wildman–Crippen LogP) is 1.00. The zero-order valence-electron chi connectivity index (χ0n) is 11.1. The maximum atomic E-state index is 12.4. The van der Waals surface area contributed by atoms with Crippen LogP contribution in [0.1, 0.15) is 51.9 Å². The van der Waals surface area contributed by atoms with Crippen LogP contribution in [0.25, 0.3) is 0 Å². The fraction of sp³-hybridized carbons (Fsp3) is 1.00. The van der Waals surface area contributed by atoms with Crippen molar-refractivity contribution >= 4 is 10.2 Å². The van der Waals surface area contributed by atoms with Gasteiger partial charge in [0, 0.05) is 12.6 Å². The topological polar surface area (TPSA) is 69.6 Å². The first kappa shape index (κ1) is 14.2. The molecule has 2 fully saturated rings. The lowest BCUT2D eigenvalue weighted by Gasteiger charge is -2.36. The van der Waals surface area contributed by atoms with Gasteiger partial charge >= 0.3 is 0 Å². The van der Waals surface area contributed by atoms with Crippen LogP contribution in [0.4, 0.5) is 0 Å². The molecule has 1 aliphatic heterocycles. The zero-order chi connectivity index (χ0) is 13.2. The number of nitrogens with zero attached hydrogens (tertiary/aromatic N) is 1. The van der Waals surface area contributed by atoms with Gasteiger partial charge in [-0.15, -0.1) is 0 Å².